The third-order valence-corrected chi connectivity index (χ3v) is 6.05. The smallest absolute Gasteiger partial charge is 0.412 e. The van der Waals surface area contributed by atoms with E-state index in [9.17, 15) is 9.59 Å². The predicted octanol–water partition coefficient (Wildman–Crippen LogP) is 6.10. The number of nitrogens with one attached hydrogen (secondary N) is 1. The lowest BCUT2D eigenvalue weighted by molar-refractivity contribution is -0.127. The van der Waals surface area contributed by atoms with E-state index in [4.69, 9.17) is 9.47 Å². The van der Waals surface area contributed by atoms with Crippen LogP contribution in [0.25, 0.3) is 0 Å². The molecule has 1 fully saturated rings. The van der Waals surface area contributed by atoms with Gasteiger partial charge in [0.2, 0.25) is 5.91 Å². The summed E-state index contributed by atoms with van der Waals surface area (Å²) in [5.41, 5.74) is 1.38. The first-order valence-corrected chi connectivity index (χ1v) is 12.7. The van der Waals surface area contributed by atoms with Crippen molar-refractivity contribution in [1.29, 1.82) is 0 Å². The number of amides is 2. The van der Waals surface area contributed by atoms with Crippen molar-refractivity contribution in [3.63, 3.8) is 0 Å². The second-order valence-corrected chi connectivity index (χ2v) is 12.1. The summed E-state index contributed by atoms with van der Waals surface area (Å²) in [5.74, 6) is -0.248. The predicted molar refractivity (Wildman–Crippen MR) is 141 cm³/mol. The molecule has 5 atom stereocenters. The molecular formula is C29H46N2O4. The topological polar surface area (TPSA) is 67.9 Å². The van der Waals surface area contributed by atoms with E-state index >= 15 is 0 Å². The van der Waals surface area contributed by atoms with Crippen LogP contribution in [0.5, 0.6) is 0 Å². The van der Waals surface area contributed by atoms with Gasteiger partial charge >= 0.3 is 6.09 Å². The van der Waals surface area contributed by atoms with Crippen molar-refractivity contribution in [1.82, 2.24) is 10.2 Å². The van der Waals surface area contributed by atoms with Gasteiger partial charge < -0.3 is 14.8 Å². The Labute approximate surface area is 212 Å². The van der Waals surface area contributed by atoms with Crippen LogP contribution in [-0.2, 0) is 20.7 Å². The number of nitrogens with zero attached hydrogens (tertiary/aromatic N) is 1. The van der Waals surface area contributed by atoms with Crippen molar-refractivity contribution in [2.24, 2.45) is 11.8 Å². The lowest BCUT2D eigenvalue weighted by Crippen LogP contribution is -2.47. The van der Waals surface area contributed by atoms with Gasteiger partial charge in [0.25, 0.3) is 0 Å². The molecule has 1 aliphatic heterocycles. The maximum Gasteiger partial charge on any atom is 0.412 e. The van der Waals surface area contributed by atoms with Crippen LogP contribution in [0.4, 0.5) is 4.79 Å². The first-order valence-electron chi connectivity index (χ1n) is 12.7. The molecule has 0 spiro atoms. The summed E-state index contributed by atoms with van der Waals surface area (Å²) in [6.45, 7) is 19.6. The summed E-state index contributed by atoms with van der Waals surface area (Å²) >= 11 is 0. The van der Waals surface area contributed by atoms with Crippen molar-refractivity contribution in [3.05, 3.63) is 47.5 Å². The monoisotopic (exact) mass is 486 g/mol. The number of benzene rings is 1. The number of carbonyl (C=O) groups excluding carboxylic acids is 2. The summed E-state index contributed by atoms with van der Waals surface area (Å²) in [7, 11) is 0. The van der Waals surface area contributed by atoms with E-state index in [1.807, 2.05) is 87.4 Å². The Balaban J connectivity index is 2.36. The van der Waals surface area contributed by atoms with Crippen LogP contribution in [-0.4, -0.2) is 46.4 Å². The molecule has 1 aromatic rings. The van der Waals surface area contributed by atoms with Gasteiger partial charge in [0.15, 0.2) is 0 Å². The van der Waals surface area contributed by atoms with E-state index in [0.29, 0.717) is 12.8 Å². The van der Waals surface area contributed by atoms with Gasteiger partial charge in [-0.05, 0) is 86.6 Å². The molecular weight excluding hydrogens is 440 g/mol. The Morgan fingerprint density at radius 1 is 1.11 bits per heavy atom. The van der Waals surface area contributed by atoms with Crippen LogP contribution in [0.1, 0.15) is 81.2 Å². The van der Waals surface area contributed by atoms with Crippen molar-refractivity contribution in [3.8, 4) is 0 Å². The lowest BCUT2D eigenvalue weighted by Gasteiger charge is -2.32. The molecule has 0 saturated carbocycles. The van der Waals surface area contributed by atoms with Gasteiger partial charge in [0.1, 0.15) is 11.8 Å². The van der Waals surface area contributed by atoms with Gasteiger partial charge in [-0.25, -0.2) is 4.79 Å². The molecule has 1 saturated heterocycles. The Bertz CT molecular complexity index is 878. The SMILES string of the molecule is CC(C)=CC(CC1OC(C)N(C(=O)OC(C)(C)C)C1Cc1ccccc1)C(C)C(=O)NC(C)(C)C. The number of ether oxygens (including phenoxy) is 2. The minimum atomic E-state index is -0.601. The summed E-state index contributed by atoms with van der Waals surface area (Å²) in [6.07, 6.45) is 2.42. The van der Waals surface area contributed by atoms with E-state index in [1.54, 1.807) is 4.90 Å². The van der Waals surface area contributed by atoms with Crippen LogP contribution >= 0.6 is 0 Å². The summed E-state index contributed by atoms with van der Waals surface area (Å²) in [6, 6.07) is 9.94. The van der Waals surface area contributed by atoms with E-state index in [-0.39, 0.29) is 41.5 Å². The third kappa shape index (κ3) is 8.99. The largest absolute Gasteiger partial charge is 0.444 e. The minimum absolute atomic E-state index is 0.0228. The molecule has 35 heavy (non-hydrogen) atoms. The Morgan fingerprint density at radius 2 is 1.71 bits per heavy atom. The molecule has 0 aromatic heterocycles. The summed E-state index contributed by atoms with van der Waals surface area (Å²) in [4.78, 5) is 28.0. The number of hydrogen-bond donors (Lipinski definition) is 1. The van der Waals surface area contributed by atoms with Gasteiger partial charge in [-0.15, -0.1) is 0 Å². The molecule has 6 heteroatoms. The van der Waals surface area contributed by atoms with Crippen LogP contribution in [0, 0.1) is 11.8 Å². The maximum atomic E-state index is 13.2. The fraction of sp³-hybridized carbons (Fsp3) is 0.655. The van der Waals surface area contributed by atoms with Crippen LogP contribution in [0.15, 0.2) is 42.0 Å². The molecule has 0 aliphatic carbocycles. The molecule has 1 N–H and O–H groups in total. The van der Waals surface area contributed by atoms with Crippen molar-refractivity contribution in [2.45, 2.75) is 112 Å². The Kier molecular flexibility index (Phi) is 9.57. The van der Waals surface area contributed by atoms with Gasteiger partial charge in [-0.2, -0.15) is 0 Å². The second-order valence-electron chi connectivity index (χ2n) is 12.1. The van der Waals surface area contributed by atoms with Crippen LogP contribution in [0.3, 0.4) is 0 Å². The molecule has 1 heterocycles. The van der Waals surface area contributed by atoms with Crippen molar-refractivity contribution in [2.75, 3.05) is 0 Å². The van der Waals surface area contributed by atoms with Gasteiger partial charge in [-0.3, -0.25) is 9.69 Å². The van der Waals surface area contributed by atoms with Gasteiger partial charge in [0.05, 0.1) is 12.1 Å². The highest BCUT2D eigenvalue weighted by Crippen LogP contribution is 2.34. The van der Waals surface area contributed by atoms with E-state index in [1.165, 1.54) is 0 Å². The Morgan fingerprint density at radius 3 is 2.23 bits per heavy atom. The number of carbonyl (C=O) groups is 2. The van der Waals surface area contributed by atoms with E-state index < -0.39 is 11.8 Å². The molecule has 0 radical (unpaired) electrons. The fourth-order valence-corrected chi connectivity index (χ4v) is 4.55. The maximum absolute atomic E-state index is 13.2. The average molecular weight is 487 g/mol. The number of hydrogen-bond acceptors (Lipinski definition) is 4. The van der Waals surface area contributed by atoms with Crippen LogP contribution in [0.2, 0.25) is 0 Å². The molecule has 5 unspecified atom stereocenters. The van der Waals surface area contributed by atoms with Crippen molar-refractivity contribution >= 4 is 12.0 Å². The standard InChI is InChI=1S/C29H46N2O4/c1-19(2)16-23(20(3)26(32)30-28(5,6)7)18-25-24(17-22-14-12-11-13-15-22)31(21(4)34-25)27(33)35-29(8,9)10/h11-16,20-21,23-25H,17-18H2,1-10H3,(H,30,32). The molecule has 1 aromatic carbocycles. The quantitative estimate of drug-likeness (QED) is 0.473. The molecule has 0 bridgehead atoms. The highest BCUT2D eigenvalue weighted by Gasteiger charge is 2.45. The first-order chi connectivity index (χ1) is 16.1. The highest BCUT2D eigenvalue weighted by atomic mass is 16.6. The van der Waals surface area contributed by atoms with Crippen molar-refractivity contribution < 1.29 is 19.1 Å². The summed E-state index contributed by atoms with van der Waals surface area (Å²) < 4.78 is 12.2. The number of allylic oxidation sites excluding steroid dienone is 2. The lowest BCUT2D eigenvalue weighted by atomic mass is 9.83. The van der Waals surface area contributed by atoms with E-state index in [0.717, 1.165) is 11.1 Å². The van der Waals surface area contributed by atoms with Gasteiger partial charge in [0, 0.05) is 11.5 Å². The molecule has 196 valence electrons. The minimum Gasteiger partial charge on any atom is -0.444 e. The molecule has 6 nitrogen and oxygen atoms in total. The molecule has 2 rings (SSSR count). The fourth-order valence-electron chi connectivity index (χ4n) is 4.55. The average Bonchev–Trinajstić information content (AvgIpc) is 2.99. The third-order valence-electron chi connectivity index (χ3n) is 6.05. The molecule has 2 amide bonds. The van der Waals surface area contributed by atoms with E-state index in [2.05, 4.69) is 23.5 Å². The zero-order valence-corrected chi connectivity index (χ0v) is 23.3. The normalized spacial score (nSPS) is 22.3. The molecule has 1 aliphatic rings. The zero-order valence-electron chi connectivity index (χ0n) is 23.3. The zero-order chi connectivity index (χ0) is 26.6. The first kappa shape index (κ1) is 28.9. The van der Waals surface area contributed by atoms with Gasteiger partial charge in [-0.1, -0.05) is 48.9 Å². The van der Waals surface area contributed by atoms with Crippen LogP contribution < -0.4 is 5.32 Å². The highest BCUT2D eigenvalue weighted by molar-refractivity contribution is 5.79. The number of rotatable bonds is 7. The Hall–Kier alpha value is -2.34. The second kappa shape index (κ2) is 11.6. The summed E-state index contributed by atoms with van der Waals surface area (Å²) in [5, 5.41) is 3.12.